The van der Waals surface area contributed by atoms with Gasteiger partial charge in [0.05, 0.1) is 10.2 Å². The highest BCUT2D eigenvalue weighted by molar-refractivity contribution is 7.22. The first-order chi connectivity index (χ1) is 12.3. The summed E-state index contributed by atoms with van der Waals surface area (Å²) in [5.41, 5.74) is 3.71. The zero-order valence-electron chi connectivity index (χ0n) is 15.8. The molecule has 3 rings (SSSR count). The normalized spacial score (nSPS) is 10.9. The van der Waals surface area contributed by atoms with Crippen molar-refractivity contribution >= 4 is 56.6 Å². The number of hydrogen-bond acceptors (Lipinski definition) is 4. The molecule has 0 aliphatic rings. The van der Waals surface area contributed by atoms with E-state index < -0.39 is 0 Å². The topological polar surface area (TPSA) is 36.4 Å². The molecule has 27 heavy (non-hydrogen) atoms. The molecule has 144 valence electrons. The summed E-state index contributed by atoms with van der Waals surface area (Å²) in [5, 5.41) is 1.38. The molecular weight excluding hydrogens is 401 g/mol. The van der Waals surface area contributed by atoms with Gasteiger partial charge in [0.15, 0.2) is 5.13 Å². The van der Waals surface area contributed by atoms with Crippen molar-refractivity contribution in [3.05, 3.63) is 58.1 Å². The first-order valence-electron chi connectivity index (χ1n) is 8.44. The molecule has 2 aromatic carbocycles. The van der Waals surface area contributed by atoms with E-state index in [0.29, 0.717) is 22.3 Å². The molecule has 0 aliphatic heterocycles. The number of halogens is 2. The van der Waals surface area contributed by atoms with Crippen LogP contribution in [-0.2, 0) is 0 Å². The Bertz CT molecular complexity index is 935. The molecule has 0 aliphatic carbocycles. The Balaban J connectivity index is 0.00000261. The fraction of sp³-hybridized carbons (Fsp3) is 0.300. The van der Waals surface area contributed by atoms with Gasteiger partial charge in [-0.15, -0.1) is 12.4 Å². The van der Waals surface area contributed by atoms with Crippen LogP contribution in [0.25, 0.3) is 10.2 Å². The van der Waals surface area contributed by atoms with E-state index in [1.807, 2.05) is 58.3 Å². The Morgan fingerprint density at radius 1 is 1.07 bits per heavy atom. The SMILES string of the molecule is Cc1cc(C)cc(C(=O)N(CCN(C)C)c2nc3ccc(Cl)cc3s2)c1.Cl. The molecule has 3 aromatic rings. The first kappa shape index (κ1) is 21.6. The van der Waals surface area contributed by atoms with Crippen molar-refractivity contribution in [2.45, 2.75) is 13.8 Å². The van der Waals surface area contributed by atoms with Crippen LogP contribution in [0, 0.1) is 13.8 Å². The van der Waals surface area contributed by atoms with Gasteiger partial charge >= 0.3 is 0 Å². The van der Waals surface area contributed by atoms with Crippen LogP contribution in [0.15, 0.2) is 36.4 Å². The van der Waals surface area contributed by atoms with Crippen molar-refractivity contribution in [3.8, 4) is 0 Å². The van der Waals surface area contributed by atoms with Crippen molar-refractivity contribution < 1.29 is 4.79 Å². The predicted molar refractivity (Wildman–Crippen MR) is 118 cm³/mol. The van der Waals surface area contributed by atoms with Gasteiger partial charge < -0.3 is 4.90 Å². The zero-order chi connectivity index (χ0) is 18.8. The number of aryl methyl sites for hydroxylation is 2. The highest BCUT2D eigenvalue weighted by atomic mass is 35.5. The van der Waals surface area contributed by atoms with Crippen molar-refractivity contribution in [1.82, 2.24) is 9.88 Å². The molecule has 4 nitrogen and oxygen atoms in total. The highest BCUT2D eigenvalue weighted by Crippen LogP contribution is 2.31. The monoisotopic (exact) mass is 423 g/mol. The molecule has 7 heteroatoms. The third-order valence-electron chi connectivity index (χ3n) is 4.05. The molecule has 1 aromatic heterocycles. The predicted octanol–water partition coefficient (Wildman–Crippen LogP) is 5.20. The van der Waals surface area contributed by atoms with E-state index in [2.05, 4.69) is 16.0 Å². The maximum atomic E-state index is 13.3. The molecule has 0 spiro atoms. The van der Waals surface area contributed by atoms with Crippen LogP contribution < -0.4 is 4.90 Å². The summed E-state index contributed by atoms with van der Waals surface area (Å²) >= 11 is 7.59. The second kappa shape index (κ2) is 9.02. The zero-order valence-corrected chi connectivity index (χ0v) is 18.2. The van der Waals surface area contributed by atoms with Gasteiger partial charge in [-0.1, -0.05) is 40.1 Å². The second-order valence-corrected chi connectivity index (χ2v) is 8.19. The quantitative estimate of drug-likeness (QED) is 0.565. The van der Waals surface area contributed by atoms with Gasteiger partial charge in [-0.2, -0.15) is 0 Å². The molecule has 0 fully saturated rings. The highest BCUT2D eigenvalue weighted by Gasteiger charge is 2.22. The third kappa shape index (κ3) is 5.20. The van der Waals surface area contributed by atoms with Crippen LogP contribution in [0.3, 0.4) is 0 Å². The van der Waals surface area contributed by atoms with E-state index in [-0.39, 0.29) is 18.3 Å². The van der Waals surface area contributed by atoms with Crippen molar-refractivity contribution in [1.29, 1.82) is 0 Å². The lowest BCUT2D eigenvalue weighted by molar-refractivity contribution is 0.0985. The minimum Gasteiger partial charge on any atom is -0.308 e. The Morgan fingerprint density at radius 2 is 1.74 bits per heavy atom. The molecule has 0 saturated carbocycles. The lowest BCUT2D eigenvalue weighted by atomic mass is 10.1. The van der Waals surface area contributed by atoms with Crippen molar-refractivity contribution in [2.24, 2.45) is 0 Å². The molecule has 0 unspecified atom stereocenters. The number of rotatable bonds is 5. The average Bonchev–Trinajstić information content (AvgIpc) is 2.96. The molecule has 0 saturated heterocycles. The fourth-order valence-electron chi connectivity index (χ4n) is 2.84. The van der Waals surface area contributed by atoms with Crippen LogP contribution in [0.1, 0.15) is 21.5 Å². The first-order valence-corrected chi connectivity index (χ1v) is 9.64. The molecule has 0 radical (unpaired) electrons. The summed E-state index contributed by atoms with van der Waals surface area (Å²) in [6.07, 6.45) is 0. The molecule has 0 N–H and O–H groups in total. The summed E-state index contributed by atoms with van der Waals surface area (Å²) < 4.78 is 0.982. The number of thiazole rings is 1. The summed E-state index contributed by atoms with van der Waals surface area (Å²) in [5.74, 6) is -0.0243. The standard InChI is InChI=1S/C20H22ClN3OS.ClH/c1-13-9-14(2)11-15(10-13)19(25)24(8-7-23(3)4)20-22-17-6-5-16(21)12-18(17)26-20;/h5-6,9-12H,7-8H2,1-4H3;1H. The smallest absolute Gasteiger partial charge is 0.260 e. The summed E-state index contributed by atoms with van der Waals surface area (Å²) in [4.78, 5) is 21.8. The van der Waals surface area contributed by atoms with E-state index in [0.717, 1.165) is 27.9 Å². The maximum absolute atomic E-state index is 13.3. The molecule has 0 atom stereocenters. The van der Waals surface area contributed by atoms with E-state index in [9.17, 15) is 4.79 Å². The number of fused-ring (bicyclic) bond motifs is 1. The van der Waals surface area contributed by atoms with Gasteiger partial charge in [-0.05, 0) is 58.3 Å². The lowest BCUT2D eigenvalue weighted by Crippen LogP contribution is -2.36. The van der Waals surface area contributed by atoms with Gasteiger partial charge in [0.25, 0.3) is 5.91 Å². The van der Waals surface area contributed by atoms with Crippen LogP contribution in [0.5, 0.6) is 0 Å². The summed E-state index contributed by atoms with van der Waals surface area (Å²) in [6.45, 7) is 5.35. The number of nitrogens with zero attached hydrogens (tertiary/aromatic N) is 3. The summed E-state index contributed by atoms with van der Waals surface area (Å²) in [7, 11) is 4.00. The summed E-state index contributed by atoms with van der Waals surface area (Å²) in [6, 6.07) is 11.5. The van der Waals surface area contributed by atoms with Crippen LogP contribution >= 0.6 is 35.3 Å². The van der Waals surface area contributed by atoms with Crippen LogP contribution in [0.4, 0.5) is 5.13 Å². The number of aromatic nitrogens is 1. The van der Waals surface area contributed by atoms with E-state index in [4.69, 9.17) is 11.6 Å². The number of hydrogen-bond donors (Lipinski definition) is 0. The number of amides is 1. The van der Waals surface area contributed by atoms with Gasteiger partial charge in [-0.25, -0.2) is 4.98 Å². The Labute approximate surface area is 175 Å². The third-order valence-corrected chi connectivity index (χ3v) is 5.33. The Kier molecular flexibility index (Phi) is 7.23. The Morgan fingerprint density at radius 3 is 2.37 bits per heavy atom. The Hall–Kier alpha value is -1.66. The van der Waals surface area contributed by atoms with Crippen LogP contribution in [0.2, 0.25) is 5.02 Å². The average molecular weight is 424 g/mol. The molecule has 0 bridgehead atoms. The van der Waals surface area contributed by atoms with E-state index in [1.54, 1.807) is 4.90 Å². The molecule has 1 amide bonds. The van der Waals surface area contributed by atoms with Gasteiger partial charge in [0.1, 0.15) is 0 Å². The van der Waals surface area contributed by atoms with Gasteiger partial charge in [-0.3, -0.25) is 9.69 Å². The fourth-order valence-corrected chi connectivity index (χ4v) is 4.11. The van der Waals surface area contributed by atoms with Gasteiger partial charge in [0.2, 0.25) is 0 Å². The van der Waals surface area contributed by atoms with Crippen molar-refractivity contribution in [2.75, 3.05) is 32.1 Å². The van der Waals surface area contributed by atoms with Crippen LogP contribution in [-0.4, -0.2) is 43.0 Å². The van der Waals surface area contributed by atoms with E-state index in [1.165, 1.54) is 11.3 Å². The maximum Gasteiger partial charge on any atom is 0.260 e. The number of benzene rings is 2. The second-order valence-electron chi connectivity index (χ2n) is 6.74. The molecular formula is C20H23Cl2N3OS. The van der Waals surface area contributed by atoms with Gasteiger partial charge in [0, 0.05) is 23.7 Å². The number of anilines is 1. The van der Waals surface area contributed by atoms with E-state index >= 15 is 0 Å². The lowest BCUT2D eigenvalue weighted by Gasteiger charge is -2.22. The minimum atomic E-state index is -0.0243. The minimum absolute atomic E-state index is 0. The van der Waals surface area contributed by atoms with Crippen molar-refractivity contribution in [3.63, 3.8) is 0 Å². The molecule has 1 heterocycles. The number of carbonyl (C=O) groups excluding carboxylic acids is 1. The largest absolute Gasteiger partial charge is 0.308 e. The number of carbonyl (C=O) groups is 1. The number of likely N-dealkylation sites (N-methyl/N-ethyl adjacent to an activating group) is 1.